The number of carboxylic acids is 1. The number of amides is 2. The number of nitrogens with one attached hydrogen (secondary N) is 1. The third-order valence-electron chi connectivity index (χ3n) is 9.32. The van der Waals surface area contributed by atoms with Gasteiger partial charge >= 0.3 is 5.97 Å². The lowest BCUT2D eigenvalue weighted by Gasteiger charge is -2.52. The Morgan fingerprint density at radius 2 is 1.73 bits per heavy atom. The molecule has 1 aliphatic carbocycles. The zero-order valence-corrected chi connectivity index (χ0v) is 23.7. The van der Waals surface area contributed by atoms with Gasteiger partial charge in [0.1, 0.15) is 11.6 Å². The second kappa shape index (κ2) is 12.5. The van der Waals surface area contributed by atoms with E-state index >= 15 is 0 Å². The summed E-state index contributed by atoms with van der Waals surface area (Å²) in [5, 5.41) is 12.4. The smallest absolute Gasteiger partial charge is 0.335 e. The minimum absolute atomic E-state index is 0.0514. The highest BCUT2D eigenvalue weighted by Crippen LogP contribution is 2.36. The molecule has 214 valence electrons. The third-order valence-corrected chi connectivity index (χ3v) is 9.32. The van der Waals surface area contributed by atoms with E-state index in [4.69, 9.17) is 0 Å². The molecule has 1 saturated carbocycles. The van der Waals surface area contributed by atoms with E-state index in [2.05, 4.69) is 29.3 Å². The molecule has 2 amide bonds. The molecule has 1 spiro atoms. The van der Waals surface area contributed by atoms with E-state index in [1.165, 1.54) is 37.7 Å². The van der Waals surface area contributed by atoms with E-state index in [0.29, 0.717) is 25.3 Å². The van der Waals surface area contributed by atoms with Crippen LogP contribution in [0, 0.1) is 5.92 Å². The van der Waals surface area contributed by atoms with Crippen LogP contribution >= 0.6 is 0 Å². The molecule has 0 radical (unpaired) electrons. The number of piperazine rings is 1. The Bertz CT molecular complexity index is 1200. The van der Waals surface area contributed by atoms with Gasteiger partial charge < -0.3 is 15.3 Å². The number of unbranched alkanes of at least 4 members (excludes halogenated alkanes) is 1. The largest absolute Gasteiger partial charge is 0.478 e. The SMILES string of the molecule is CCCCN1C(=O)[C@H](CC2CCCCC2)NC(=O)C12CCN(Cc1cccc(-c3ccc(C(=O)O)cc3)c1)CC2. The number of benzene rings is 2. The molecule has 2 aromatic rings. The summed E-state index contributed by atoms with van der Waals surface area (Å²) < 4.78 is 0. The average Bonchev–Trinajstić information content (AvgIpc) is 2.98. The van der Waals surface area contributed by atoms with Gasteiger partial charge in [-0.2, -0.15) is 0 Å². The number of carboxylic acid groups (broad SMARTS) is 1. The van der Waals surface area contributed by atoms with Crippen molar-refractivity contribution in [3.05, 3.63) is 59.7 Å². The normalized spacial score (nSPS) is 21.9. The summed E-state index contributed by atoms with van der Waals surface area (Å²) in [6.07, 6.45) is 10.1. The molecule has 3 fully saturated rings. The average molecular weight is 546 g/mol. The van der Waals surface area contributed by atoms with E-state index in [-0.39, 0.29) is 23.4 Å². The van der Waals surface area contributed by atoms with Crippen LogP contribution in [-0.4, -0.2) is 63.9 Å². The van der Waals surface area contributed by atoms with Gasteiger partial charge in [0.2, 0.25) is 11.8 Å². The number of rotatable bonds is 9. The molecule has 0 unspecified atom stereocenters. The van der Waals surface area contributed by atoms with Gasteiger partial charge in [0.25, 0.3) is 0 Å². The van der Waals surface area contributed by atoms with Crippen molar-refractivity contribution in [2.75, 3.05) is 19.6 Å². The summed E-state index contributed by atoms with van der Waals surface area (Å²) in [5.74, 6) is -0.202. The second-order valence-electron chi connectivity index (χ2n) is 12.0. The second-order valence-corrected chi connectivity index (χ2v) is 12.0. The maximum absolute atomic E-state index is 13.8. The fourth-order valence-electron chi connectivity index (χ4n) is 6.92. The molecule has 2 aromatic carbocycles. The summed E-state index contributed by atoms with van der Waals surface area (Å²) in [6.45, 7) is 5.08. The third kappa shape index (κ3) is 6.09. The van der Waals surface area contributed by atoms with E-state index in [1.54, 1.807) is 12.1 Å². The molecular formula is C33H43N3O4. The molecule has 2 heterocycles. The number of hydrogen-bond acceptors (Lipinski definition) is 4. The summed E-state index contributed by atoms with van der Waals surface area (Å²) in [6, 6.07) is 14.9. The fourth-order valence-corrected chi connectivity index (χ4v) is 6.92. The quantitative estimate of drug-likeness (QED) is 0.435. The van der Waals surface area contributed by atoms with Crippen molar-refractivity contribution in [2.24, 2.45) is 5.92 Å². The maximum atomic E-state index is 13.8. The van der Waals surface area contributed by atoms with Crippen molar-refractivity contribution in [3.8, 4) is 11.1 Å². The van der Waals surface area contributed by atoms with Crippen molar-refractivity contribution >= 4 is 17.8 Å². The number of likely N-dealkylation sites (tertiary alicyclic amines) is 1. The van der Waals surface area contributed by atoms with Gasteiger partial charge in [-0.05, 0) is 66.5 Å². The Morgan fingerprint density at radius 3 is 2.40 bits per heavy atom. The van der Waals surface area contributed by atoms with Crippen LogP contribution in [0.2, 0.25) is 0 Å². The molecule has 1 atom stereocenters. The maximum Gasteiger partial charge on any atom is 0.335 e. The van der Waals surface area contributed by atoms with Crippen molar-refractivity contribution in [3.63, 3.8) is 0 Å². The lowest BCUT2D eigenvalue weighted by atomic mass is 9.79. The van der Waals surface area contributed by atoms with Crippen molar-refractivity contribution in [1.82, 2.24) is 15.1 Å². The number of piperidine rings is 1. The number of nitrogens with zero attached hydrogens (tertiary/aromatic N) is 2. The summed E-state index contributed by atoms with van der Waals surface area (Å²) in [5.41, 5.74) is 2.75. The lowest BCUT2D eigenvalue weighted by molar-refractivity contribution is -0.162. The Kier molecular flexibility index (Phi) is 8.89. The van der Waals surface area contributed by atoms with Crippen molar-refractivity contribution < 1.29 is 19.5 Å². The lowest BCUT2D eigenvalue weighted by Crippen LogP contribution is -2.73. The van der Waals surface area contributed by atoms with Crippen LogP contribution in [-0.2, 0) is 16.1 Å². The molecule has 7 nitrogen and oxygen atoms in total. The summed E-state index contributed by atoms with van der Waals surface area (Å²) in [7, 11) is 0. The Morgan fingerprint density at radius 1 is 1.00 bits per heavy atom. The molecule has 7 heteroatoms. The van der Waals surface area contributed by atoms with E-state index in [0.717, 1.165) is 50.0 Å². The van der Waals surface area contributed by atoms with Gasteiger partial charge in [-0.15, -0.1) is 0 Å². The minimum Gasteiger partial charge on any atom is -0.478 e. The van der Waals surface area contributed by atoms with Crippen LogP contribution in [0.15, 0.2) is 48.5 Å². The number of hydrogen-bond donors (Lipinski definition) is 2. The highest BCUT2D eigenvalue weighted by Gasteiger charge is 2.53. The predicted molar refractivity (Wildman–Crippen MR) is 156 cm³/mol. The molecule has 3 aliphatic rings. The molecule has 2 aliphatic heterocycles. The van der Waals surface area contributed by atoms with Crippen molar-refractivity contribution in [1.29, 1.82) is 0 Å². The Balaban J connectivity index is 1.25. The Hall–Kier alpha value is -3.19. The first-order chi connectivity index (χ1) is 19.4. The summed E-state index contributed by atoms with van der Waals surface area (Å²) >= 11 is 0. The molecule has 5 rings (SSSR count). The van der Waals surface area contributed by atoms with E-state index < -0.39 is 11.5 Å². The van der Waals surface area contributed by atoms with Gasteiger partial charge in [-0.3, -0.25) is 14.5 Å². The van der Waals surface area contributed by atoms with E-state index in [1.807, 2.05) is 29.2 Å². The zero-order chi connectivity index (χ0) is 28.1. The predicted octanol–water partition coefficient (Wildman–Crippen LogP) is 5.48. The fraction of sp³-hybridized carbons (Fsp3) is 0.545. The molecule has 0 aromatic heterocycles. The molecule has 0 bridgehead atoms. The first-order valence-electron chi connectivity index (χ1n) is 15.2. The standard InChI is InChI=1S/C33H43N3O4/c1-2-3-18-36-30(37)29(22-24-8-5-4-6-9-24)34-32(40)33(36)16-19-35(20-17-33)23-25-10-7-11-28(21-25)26-12-14-27(15-13-26)31(38)39/h7,10-15,21,24,29H,2-6,8-9,16-20,22-23H2,1H3,(H,34,40)(H,38,39)/t29-/m0/s1. The highest BCUT2D eigenvalue weighted by atomic mass is 16.4. The van der Waals surface area contributed by atoms with Crippen LogP contribution in [0.3, 0.4) is 0 Å². The highest BCUT2D eigenvalue weighted by molar-refractivity contribution is 6.00. The first kappa shape index (κ1) is 28.3. The molecule has 40 heavy (non-hydrogen) atoms. The van der Waals surface area contributed by atoms with Crippen molar-refractivity contribution in [2.45, 2.75) is 89.3 Å². The zero-order valence-electron chi connectivity index (χ0n) is 23.7. The van der Waals surface area contributed by atoms with Gasteiger partial charge in [0.15, 0.2) is 0 Å². The van der Waals surface area contributed by atoms with Gasteiger partial charge in [-0.25, -0.2) is 4.79 Å². The first-order valence-corrected chi connectivity index (χ1v) is 15.2. The summed E-state index contributed by atoms with van der Waals surface area (Å²) in [4.78, 5) is 43.0. The van der Waals surface area contributed by atoms with Crippen LogP contribution in [0.5, 0.6) is 0 Å². The van der Waals surface area contributed by atoms with Crippen LogP contribution in [0.4, 0.5) is 0 Å². The molecular weight excluding hydrogens is 502 g/mol. The number of carbonyl (C=O) groups excluding carboxylic acids is 2. The minimum atomic E-state index is -0.926. The van der Waals surface area contributed by atoms with Crippen LogP contribution in [0.25, 0.3) is 11.1 Å². The number of aromatic carboxylic acids is 1. The Labute approximate surface area is 237 Å². The topological polar surface area (TPSA) is 90.0 Å². The monoisotopic (exact) mass is 545 g/mol. The molecule has 2 saturated heterocycles. The van der Waals surface area contributed by atoms with E-state index in [9.17, 15) is 19.5 Å². The van der Waals surface area contributed by atoms with Gasteiger partial charge in [-0.1, -0.05) is 75.8 Å². The molecule has 2 N–H and O–H groups in total. The van der Waals surface area contributed by atoms with Crippen LogP contribution < -0.4 is 5.32 Å². The number of carbonyl (C=O) groups is 3. The van der Waals surface area contributed by atoms with Gasteiger partial charge in [0, 0.05) is 26.2 Å². The van der Waals surface area contributed by atoms with Gasteiger partial charge in [0.05, 0.1) is 5.56 Å². The van der Waals surface area contributed by atoms with Crippen LogP contribution in [0.1, 0.15) is 87.1 Å².